The van der Waals surface area contributed by atoms with Crippen LogP contribution in [0.2, 0.25) is 10.2 Å². The first-order chi connectivity index (χ1) is 6.15. The number of aromatic nitrogens is 1. The predicted molar refractivity (Wildman–Crippen MR) is 51.4 cm³/mol. The lowest BCUT2D eigenvalue weighted by Gasteiger charge is -2.07. The fraction of sp³-hybridized carbons (Fsp3) is 0.250. The summed E-state index contributed by atoms with van der Waals surface area (Å²) in [6.07, 6.45) is 1.76. The summed E-state index contributed by atoms with van der Waals surface area (Å²) >= 11 is 11.3. The SMILES string of the molecule is N#CC[C@@H](N)c1cnc(Cl)c(Cl)c1. The molecule has 0 spiro atoms. The molecule has 1 aromatic heterocycles. The van der Waals surface area contributed by atoms with E-state index in [9.17, 15) is 0 Å². The maximum Gasteiger partial charge on any atom is 0.147 e. The summed E-state index contributed by atoms with van der Waals surface area (Å²) in [5, 5.41) is 9.01. The number of hydrogen-bond acceptors (Lipinski definition) is 3. The molecule has 0 aliphatic heterocycles. The first-order valence-electron chi connectivity index (χ1n) is 3.58. The van der Waals surface area contributed by atoms with Crippen LogP contribution in [0.5, 0.6) is 0 Å². The molecular formula is C8H7Cl2N3. The zero-order chi connectivity index (χ0) is 9.84. The Balaban J connectivity index is 2.91. The van der Waals surface area contributed by atoms with E-state index in [0.717, 1.165) is 5.56 Å². The molecule has 0 saturated carbocycles. The van der Waals surface area contributed by atoms with Gasteiger partial charge in [0, 0.05) is 12.2 Å². The minimum absolute atomic E-state index is 0.236. The van der Waals surface area contributed by atoms with Gasteiger partial charge in [-0.1, -0.05) is 23.2 Å². The van der Waals surface area contributed by atoms with Crippen LogP contribution >= 0.6 is 23.2 Å². The second-order valence-corrected chi connectivity index (χ2v) is 3.28. The molecule has 5 heteroatoms. The highest BCUT2D eigenvalue weighted by Gasteiger charge is 2.08. The Bertz CT molecular complexity index is 346. The van der Waals surface area contributed by atoms with Crippen molar-refractivity contribution >= 4 is 23.2 Å². The van der Waals surface area contributed by atoms with Gasteiger partial charge in [-0.25, -0.2) is 4.98 Å². The van der Waals surface area contributed by atoms with Crippen LogP contribution in [0, 0.1) is 11.3 Å². The Morgan fingerprint density at radius 1 is 1.62 bits per heavy atom. The molecule has 0 amide bonds. The first kappa shape index (κ1) is 10.3. The minimum atomic E-state index is -0.354. The number of nitrogens with zero attached hydrogens (tertiary/aromatic N) is 2. The lowest BCUT2D eigenvalue weighted by atomic mass is 10.1. The highest BCUT2D eigenvalue weighted by molar-refractivity contribution is 6.41. The summed E-state index contributed by atoms with van der Waals surface area (Å²) in [6, 6.07) is 3.24. The Labute approximate surface area is 86.1 Å². The maximum absolute atomic E-state index is 8.41. The third-order valence-electron chi connectivity index (χ3n) is 1.56. The van der Waals surface area contributed by atoms with Gasteiger partial charge in [-0.05, 0) is 11.6 Å². The topological polar surface area (TPSA) is 62.7 Å². The van der Waals surface area contributed by atoms with Gasteiger partial charge in [0.25, 0.3) is 0 Å². The quantitative estimate of drug-likeness (QED) is 0.771. The summed E-state index contributed by atoms with van der Waals surface area (Å²) < 4.78 is 0. The number of nitriles is 1. The highest BCUT2D eigenvalue weighted by atomic mass is 35.5. The van der Waals surface area contributed by atoms with E-state index in [-0.39, 0.29) is 17.6 Å². The molecule has 0 bridgehead atoms. The molecule has 0 saturated heterocycles. The molecule has 0 radical (unpaired) electrons. The van der Waals surface area contributed by atoms with Crippen molar-refractivity contribution in [2.75, 3.05) is 0 Å². The van der Waals surface area contributed by atoms with Crippen molar-refractivity contribution in [1.82, 2.24) is 4.98 Å². The summed E-state index contributed by atoms with van der Waals surface area (Å²) in [5.74, 6) is 0. The number of nitrogens with two attached hydrogens (primary N) is 1. The predicted octanol–water partition coefficient (Wildman–Crippen LogP) is 2.30. The van der Waals surface area contributed by atoms with Gasteiger partial charge in [0.05, 0.1) is 17.5 Å². The Kier molecular flexibility index (Phi) is 3.49. The van der Waals surface area contributed by atoms with E-state index in [4.69, 9.17) is 34.2 Å². The van der Waals surface area contributed by atoms with Gasteiger partial charge in [0.2, 0.25) is 0 Å². The van der Waals surface area contributed by atoms with Crippen LogP contribution in [-0.2, 0) is 0 Å². The van der Waals surface area contributed by atoms with Gasteiger partial charge in [0.15, 0.2) is 0 Å². The third kappa shape index (κ3) is 2.56. The van der Waals surface area contributed by atoms with Crippen LogP contribution in [0.4, 0.5) is 0 Å². The number of rotatable bonds is 2. The van der Waals surface area contributed by atoms with Crippen LogP contribution in [0.15, 0.2) is 12.3 Å². The molecule has 0 aromatic carbocycles. The molecule has 68 valence electrons. The normalized spacial score (nSPS) is 12.2. The zero-order valence-corrected chi connectivity index (χ0v) is 8.18. The van der Waals surface area contributed by atoms with E-state index in [1.165, 1.54) is 6.20 Å². The molecule has 1 atom stereocenters. The average molecular weight is 216 g/mol. The van der Waals surface area contributed by atoms with Crippen LogP contribution in [0.1, 0.15) is 18.0 Å². The summed E-state index contributed by atoms with van der Waals surface area (Å²) in [4.78, 5) is 3.83. The lowest BCUT2D eigenvalue weighted by molar-refractivity contribution is 0.744. The van der Waals surface area contributed by atoms with Crippen molar-refractivity contribution in [3.63, 3.8) is 0 Å². The van der Waals surface area contributed by atoms with E-state index in [1.54, 1.807) is 6.07 Å². The van der Waals surface area contributed by atoms with Crippen LogP contribution in [0.25, 0.3) is 0 Å². The molecule has 0 fully saturated rings. The van der Waals surface area contributed by atoms with Gasteiger partial charge >= 0.3 is 0 Å². The van der Waals surface area contributed by atoms with E-state index in [2.05, 4.69) is 4.98 Å². The van der Waals surface area contributed by atoms with Crippen LogP contribution < -0.4 is 5.73 Å². The molecule has 13 heavy (non-hydrogen) atoms. The number of halogens is 2. The highest BCUT2D eigenvalue weighted by Crippen LogP contribution is 2.23. The fourth-order valence-corrected chi connectivity index (χ4v) is 1.13. The van der Waals surface area contributed by atoms with E-state index < -0.39 is 0 Å². The van der Waals surface area contributed by atoms with Gasteiger partial charge in [-0.3, -0.25) is 0 Å². The van der Waals surface area contributed by atoms with Crippen molar-refractivity contribution in [3.8, 4) is 6.07 Å². The molecular weight excluding hydrogens is 209 g/mol. The fourth-order valence-electron chi connectivity index (χ4n) is 0.855. The summed E-state index contributed by atoms with van der Waals surface area (Å²) in [6.45, 7) is 0. The van der Waals surface area contributed by atoms with Crippen molar-refractivity contribution in [1.29, 1.82) is 5.26 Å². The standard InChI is InChI=1S/C8H7Cl2N3/c9-6-3-5(4-13-8(6)10)7(12)1-2-11/h3-4,7H,1,12H2/t7-/m1/s1. The summed E-state index contributed by atoms with van der Waals surface area (Å²) in [7, 11) is 0. The Morgan fingerprint density at radius 3 is 2.85 bits per heavy atom. The van der Waals surface area contributed by atoms with E-state index >= 15 is 0 Å². The third-order valence-corrected chi connectivity index (χ3v) is 2.24. The van der Waals surface area contributed by atoms with Crippen molar-refractivity contribution in [3.05, 3.63) is 28.0 Å². The molecule has 0 aliphatic rings. The first-order valence-corrected chi connectivity index (χ1v) is 4.34. The second-order valence-electron chi connectivity index (χ2n) is 2.51. The molecule has 3 nitrogen and oxygen atoms in total. The number of pyridine rings is 1. The maximum atomic E-state index is 8.41. The minimum Gasteiger partial charge on any atom is -0.323 e. The van der Waals surface area contributed by atoms with Gasteiger partial charge in [-0.2, -0.15) is 5.26 Å². The Morgan fingerprint density at radius 2 is 2.31 bits per heavy atom. The smallest absolute Gasteiger partial charge is 0.147 e. The molecule has 2 N–H and O–H groups in total. The summed E-state index contributed by atoms with van der Waals surface area (Å²) in [5.41, 5.74) is 6.38. The largest absolute Gasteiger partial charge is 0.323 e. The monoisotopic (exact) mass is 215 g/mol. The van der Waals surface area contributed by atoms with Crippen molar-refractivity contribution in [2.45, 2.75) is 12.5 Å². The number of hydrogen-bond donors (Lipinski definition) is 1. The lowest BCUT2D eigenvalue weighted by Crippen LogP contribution is -2.09. The average Bonchev–Trinajstić information content (AvgIpc) is 2.10. The Hall–Kier alpha value is -0.820. The molecule has 0 aliphatic carbocycles. The zero-order valence-electron chi connectivity index (χ0n) is 6.67. The van der Waals surface area contributed by atoms with E-state index in [1.807, 2.05) is 6.07 Å². The van der Waals surface area contributed by atoms with Crippen molar-refractivity contribution in [2.24, 2.45) is 5.73 Å². The van der Waals surface area contributed by atoms with Gasteiger partial charge in [0.1, 0.15) is 5.15 Å². The van der Waals surface area contributed by atoms with Gasteiger partial charge in [-0.15, -0.1) is 0 Å². The van der Waals surface area contributed by atoms with Crippen LogP contribution in [0.3, 0.4) is 0 Å². The molecule has 1 aromatic rings. The second kappa shape index (κ2) is 4.43. The molecule has 0 unspecified atom stereocenters. The van der Waals surface area contributed by atoms with Crippen LogP contribution in [-0.4, -0.2) is 4.98 Å². The van der Waals surface area contributed by atoms with Gasteiger partial charge < -0.3 is 5.73 Å². The molecule has 1 heterocycles. The van der Waals surface area contributed by atoms with Crippen molar-refractivity contribution < 1.29 is 0 Å². The molecule has 1 rings (SSSR count). The van der Waals surface area contributed by atoms with E-state index in [0.29, 0.717) is 5.02 Å².